The van der Waals surface area contributed by atoms with E-state index in [1.54, 1.807) is 0 Å². The van der Waals surface area contributed by atoms with Crippen molar-refractivity contribution in [2.75, 3.05) is 18.0 Å². The largest absolute Gasteiger partial charge is 0.419 e. The molecule has 1 aromatic rings. The summed E-state index contributed by atoms with van der Waals surface area (Å²) in [4.78, 5) is 5.13. The molecule has 2 nitrogen and oxygen atoms in total. The summed E-state index contributed by atoms with van der Waals surface area (Å²) in [5.41, 5.74) is -2.01. The Hall–Kier alpha value is -1.40. The molecule has 110 valence electrons. The highest BCUT2D eigenvalue weighted by Crippen LogP contribution is 2.64. The SMILES string of the molecule is FC(F)(F)c1cccnc1N1CCCC2(C1)CC2(F)F. The van der Waals surface area contributed by atoms with Crippen molar-refractivity contribution in [3.05, 3.63) is 23.9 Å². The summed E-state index contributed by atoms with van der Waals surface area (Å²) in [6.45, 7) is 0.276. The Morgan fingerprint density at radius 2 is 1.95 bits per heavy atom. The third kappa shape index (κ3) is 2.03. The van der Waals surface area contributed by atoms with Crippen LogP contribution in [-0.4, -0.2) is 24.0 Å². The fourth-order valence-electron chi connectivity index (χ4n) is 3.01. The van der Waals surface area contributed by atoms with Gasteiger partial charge in [0.2, 0.25) is 0 Å². The molecule has 0 amide bonds. The van der Waals surface area contributed by atoms with Gasteiger partial charge in [-0.1, -0.05) is 0 Å². The maximum absolute atomic E-state index is 13.4. The summed E-state index contributed by atoms with van der Waals surface area (Å²) in [7, 11) is 0. The number of pyridine rings is 1. The molecule has 3 rings (SSSR count). The van der Waals surface area contributed by atoms with E-state index >= 15 is 0 Å². The average molecular weight is 292 g/mol. The minimum atomic E-state index is -4.53. The molecule has 1 unspecified atom stereocenters. The number of rotatable bonds is 1. The number of hydrogen-bond acceptors (Lipinski definition) is 2. The summed E-state index contributed by atoms with van der Waals surface area (Å²) in [6.07, 6.45) is -2.67. The highest BCUT2D eigenvalue weighted by Gasteiger charge is 2.71. The van der Waals surface area contributed by atoms with Crippen LogP contribution in [0.5, 0.6) is 0 Å². The Labute approximate surface area is 112 Å². The smallest absolute Gasteiger partial charge is 0.355 e. The van der Waals surface area contributed by atoms with Gasteiger partial charge in [0.25, 0.3) is 5.92 Å². The van der Waals surface area contributed by atoms with E-state index in [0.717, 1.165) is 6.07 Å². The second-order valence-corrected chi connectivity index (χ2v) is 5.56. The van der Waals surface area contributed by atoms with Crippen LogP contribution in [0.2, 0.25) is 0 Å². The van der Waals surface area contributed by atoms with Crippen LogP contribution in [0, 0.1) is 5.41 Å². The predicted molar refractivity (Wildman–Crippen MR) is 62.7 cm³/mol. The average Bonchev–Trinajstić information content (AvgIpc) is 2.88. The molecule has 1 saturated heterocycles. The molecule has 0 N–H and O–H groups in total. The predicted octanol–water partition coefficient (Wildman–Crippen LogP) is 3.73. The van der Waals surface area contributed by atoms with Gasteiger partial charge < -0.3 is 4.90 Å². The minimum Gasteiger partial charge on any atom is -0.355 e. The van der Waals surface area contributed by atoms with E-state index in [1.165, 1.54) is 17.2 Å². The van der Waals surface area contributed by atoms with Crippen molar-refractivity contribution in [2.24, 2.45) is 5.41 Å². The Balaban J connectivity index is 1.91. The second-order valence-electron chi connectivity index (χ2n) is 5.56. The van der Waals surface area contributed by atoms with Crippen molar-refractivity contribution in [3.8, 4) is 0 Å². The van der Waals surface area contributed by atoms with Crippen LogP contribution in [0.1, 0.15) is 24.8 Å². The Morgan fingerprint density at radius 1 is 1.25 bits per heavy atom. The van der Waals surface area contributed by atoms with Gasteiger partial charge in [0.1, 0.15) is 5.82 Å². The number of aromatic nitrogens is 1. The molecule has 20 heavy (non-hydrogen) atoms. The van der Waals surface area contributed by atoms with Crippen molar-refractivity contribution in [1.29, 1.82) is 0 Å². The minimum absolute atomic E-state index is 0.0555. The fraction of sp³-hybridized carbons (Fsp3) is 0.615. The Bertz CT molecular complexity index is 528. The molecule has 2 fully saturated rings. The Morgan fingerprint density at radius 3 is 2.55 bits per heavy atom. The first-order valence-electron chi connectivity index (χ1n) is 6.40. The normalized spacial score (nSPS) is 28.8. The summed E-state index contributed by atoms with van der Waals surface area (Å²) in [6, 6.07) is 2.15. The van der Waals surface area contributed by atoms with Gasteiger partial charge in [-0.3, -0.25) is 0 Å². The van der Waals surface area contributed by atoms with Crippen LogP contribution in [0.3, 0.4) is 0 Å². The van der Waals surface area contributed by atoms with E-state index in [0.29, 0.717) is 19.4 Å². The van der Waals surface area contributed by atoms with Crippen LogP contribution < -0.4 is 4.90 Å². The highest BCUT2D eigenvalue weighted by molar-refractivity contribution is 5.49. The Kier molecular flexibility index (Phi) is 2.75. The number of piperidine rings is 1. The summed E-state index contributed by atoms with van der Waals surface area (Å²) >= 11 is 0. The third-order valence-electron chi connectivity index (χ3n) is 4.18. The summed E-state index contributed by atoms with van der Waals surface area (Å²) < 4.78 is 65.7. The van der Waals surface area contributed by atoms with Gasteiger partial charge in [-0.2, -0.15) is 13.2 Å². The van der Waals surface area contributed by atoms with E-state index in [1.807, 2.05) is 0 Å². The zero-order chi connectivity index (χ0) is 14.6. The van der Waals surface area contributed by atoms with Gasteiger partial charge in [0, 0.05) is 25.7 Å². The summed E-state index contributed by atoms with van der Waals surface area (Å²) in [5.74, 6) is -2.99. The van der Waals surface area contributed by atoms with E-state index in [9.17, 15) is 22.0 Å². The molecular formula is C13H13F5N2. The molecule has 1 saturated carbocycles. The molecule has 1 atom stereocenters. The lowest BCUT2D eigenvalue weighted by Crippen LogP contribution is -2.40. The van der Waals surface area contributed by atoms with Gasteiger partial charge in [0.15, 0.2) is 0 Å². The molecule has 0 radical (unpaired) electrons. The second kappa shape index (κ2) is 4.05. The van der Waals surface area contributed by atoms with Crippen LogP contribution in [-0.2, 0) is 6.18 Å². The van der Waals surface area contributed by atoms with Crippen LogP contribution in [0.25, 0.3) is 0 Å². The lowest BCUT2D eigenvalue weighted by Gasteiger charge is -2.35. The van der Waals surface area contributed by atoms with Gasteiger partial charge in [-0.25, -0.2) is 13.8 Å². The lowest BCUT2D eigenvalue weighted by molar-refractivity contribution is -0.137. The molecular weight excluding hydrogens is 279 g/mol. The highest BCUT2D eigenvalue weighted by atomic mass is 19.4. The third-order valence-corrected chi connectivity index (χ3v) is 4.18. The molecule has 2 heterocycles. The lowest BCUT2D eigenvalue weighted by atomic mass is 9.94. The molecule has 1 aliphatic carbocycles. The zero-order valence-corrected chi connectivity index (χ0v) is 10.6. The van der Waals surface area contributed by atoms with Gasteiger partial charge in [-0.15, -0.1) is 0 Å². The maximum atomic E-state index is 13.4. The van der Waals surface area contributed by atoms with Crippen molar-refractivity contribution in [2.45, 2.75) is 31.4 Å². The van der Waals surface area contributed by atoms with E-state index < -0.39 is 23.1 Å². The molecule has 0 bridgehead atoms. The van der Waals surface area contributed by atoms with E-state index in [-0.39, 0.29) is 18.8 Å². The van der Waals surface area contributed by atoms with Gasteiger partial charge >= 0.3 is 6.18 Å². The van der Waals surface area contributed by atoms with Crippen LogP contribution in [0.4, 0.5) is 27.8 Å². The molecule has 0 aromatic carbocycles. The number of halogens is 5. The first-order valence-corrected chi connectivity index (χ1v) is 6.40. The molecule has 1 aliphatic heterocycles. The van der Waals surface area contributed by atoms with Gasteiger partial charge in [-0.05, 0) is 25.0 Å². The fourth-order valence-corrected chi connectivity index (χ4v) is 3.01. The first-order chi connectivity index (χ1) is 9.25. The van der Waals surface area contributed by atoms with E-state index in [2.05, 4.69) is 4.98 Å². The molecule has 2 aliphatic rings. The maximum Gasteiger partial charge on any atom is 0.419 e. The monoisotopic (exact) mass is 292 g/mol. The van der Waals surface area contributed by atoms with Crippen molar-refractivity contribution >= 4 is 5.82 Å². The first kappa shape index (κ1) is 13.6. The zero-order valence-electron chi connectivity index (χ0n) is 10.6. The number of anilines is 1. The standard InChI is InChI=1S/C13H13F5N2/c14-12(15)7-11(12)4-2-6-20(8-11)10-9(13(16,17)18)3-1-5-19-10/h1,3,5H,2,4,6-8H2. The van der Waals surface area contributed by atoms with Crippen LogP contribution >= 0.6 is 0 Å². The van der Waals surface area contributed by atoms with Gasteiger partial charge in [0.05, 0.1) is 11.0 Å². The van der Waals surface area contributed by atoms with E-state index in [4.69, 9.17) is 0 Å². The molecule has 7 heteroatoms. The molecule has 1 spiro atoms. The van der Waals surface area contributed by atoms with Crippen LogP contribution in [0.15, 0.2) is 18.3 Å². The quantitative estimate of drug-likeness (QED) is 0.733. The van der Waals surface area contributed by atoms with Crippen molar-refractivity contribution in [3.63, 3.8) is 0 Å². The summed E-state index contributed by atoms with van der Waals surface area (Å²) in [5, 5.41) is 0. The number of alkyl halides is 5. The van der Waals surface area contributed by atoms with Crippen molar-refractivity contribution < 1.29 is 22.0 Å². The van der Waals surface area contributed by atoms with Crippen molar-refractivity contribution in [1.82, 2.24) is 4.98 Å². The topological polar surface area (TPSA) is 16.1 Å². The number of hydrogen-bond donors (Lipinski definition) is 0. The molecule has 1 aromatic heterocycles. The number of nitrogens with zero attached hydrogens (tertiary/aromatic N) is 2.